The monoisotopic (exact) mass is 296 g/mol. The Hall–Kier alpha value is -0.690. The second kappa shape index (κ2) is 5.97. The number of rotatable bonds is 4. The van der Waals surface area contributed by atoms with Crippen LogP contribution in [0.1, 0.15) is 29.8 Å². The number of fused-ring (bicyclic) bond motifs is 2. The molecule has 0 saturated carbocycles. The van der Waals surface area contributed by atoms with E-state index in [9.17, 15) is 0 Å². The molecular weight excluding hydrogens is 272 g/mol. The first-order valence-corrected chi connectivity index (χ1v) is 8.19. The molecule has 3 rings (SSSR count). The summed E-state index contributed by atoms with van der Waals surface area (Å²) in [6.45, 7) is 3.31. The lowest BCUT2D eigenvalue weighted by Gasteiger charge is -2.25. The van der Waals surface area contributed by atoms with Crippen LogP contribution in [0.15, 0.2) is 0 Å². The molecule has 2 atom stereocenters. The maximum Gasteiger partial charge on any atom is 0.185 e. The number of ether oxygens (including phenoxy) is 1. The number of anilines is 1. The van der Waals surface area contributed by atoms with Gasteiger partial charge in [-0.1, -0.05) is 0 Å². The molecule has 2 aliphatic heterocycles. The van der Waals surface area contributed by atoms with E-state index in [4.69, 9.17) is 15.5 Å². The highest BCUT2D eigenvalue weighted by Crippen LogP contribution is 2.33. The van der Waals surface area contributed by atoms with Crippen LogP contribution in [0.25, 0.3) is 0 Å². The highest BCUT2D eigenvalue weighted by molar-refractivity contribution is 7.15. The molecule has 5 nitrogen and oxygen atoms in total. The van der Waals surface area contributed by atoms with E-state index in [1.807, 2.05) is 0 Å². The minimum absolute atomic E-state index is 0.552. The van der Waals surface area contributed by atoms with Crippen molar-refractivity contribution in [1.29, 1.82) is 0 Å². The Morgan fingerprint density at radius 2 is 2.15 bits per heavy atom. The highest BCUT2D eigenvalue weighted by Gasteiger charge is 2.35. The smallest absolute Gasteiger partial charge is 0.185 e. The van der Waals surface area contributed by atoms with Gasteiger partial charge in [-0.2, -0.15) is 0 Å². The Bertz CT molecular complexity index is 464. The quantitative estimate of drug-likeness (QED) is 0.911. The maximum absolute atomic E-state index is 5.83. The van der Waals surface area contributed by atoms with Crippen molar-refractivity contribution in [1.82, 2.24) is 9.88 Å². The lowest BCUT2D eigenvalue weighted by Crippen LogP contribution is -2.36. The van der Waals surface area contributed by atoms with Gasteiger partial charge in [0, 0.05) is 43.7 Å². The molecular formula is C14H24N4OS. The standard InChI is InChI=1S/C14H24N4OS/c1-17-10-3-4-11(17)8-18(6-5-10)14-16-12(9-19-2)13(7-15)20-14/h10-11H,3-9,15H2,1-2H3. The van der Waals surface area contributed by atoms with Crippen molar-refractivity contribution < 1.29 is 4.74 Å². The molecule has 1 aromatic rings. The number of aromatic nitrogens is 1. The fraction of sp³-hybridized carbons (Fsp3) is 0.786. The van der Waals surface area contributed by atoms with Gasteiger partial charge >= 0.3 is 0 Å². The van der Waals surface area contributed by atoms with E-state index in [1.165, 1.54) is 19.3 Å². The summed E-state index contributed by atoms with van der Waals surface area (Å²) in [4.78, 5) is 10.9. The summed E-state index contributed by atoms with van der Waals surface area (Å²) < 4.78 is 5.22. The molecule has 0 spiro atoms. The number of likely N-dealkylation sites (N-methyl/N-ethyl adjacent to an activating group) is 1. The molecule has 2 bridgehead atoms. The number of hydrogen-bond donors (Lipinski definition) is 1. The lowest BCUT2D eigenvalue weighted by molar-refractivity contribution is 0.181. The van der Waals surface area contributed by atoms with Gasteiger partial charge in [0.1, 0.15) is 0 Å². The number of thiazole rings is 1. The summed E-state index contributed by atoms with van der Waals surface area (Å²) in [5.74, 6) is 0. The summed E-state index contributed by atoms with van der Waals surface area (Å²) >= 11 is 1.74. The van der Waals surface area contributed by atoms with Gasteiger partial charge in [0.25, 0.3) is 0 Å². The molecule has 2 saturated heterocycles. The molecule has 0 radical (unpaired) electrons. The molecule has 0 aliphatic carbocycles. The molecule has 3 heterocycles. The minimum Gasteiger partial charge on any atom is -0.378 e. The third kappa shape index (κ3) is 2.57. The molecule has 2 N–H and O–H groups in total. The Kier molecular flexibility index (Phi) is 4.26. The molecule has 2 unspecified atom stereocenters. The van der Waals surface area contributed by atoms with Crippen molar-refractivity contribution in [2.45, 2.75) is 44.5 Å². The molecule has 6 heteroatoms. The zero-order valence-electron chi connectivity index (χ0n) is 12.3. The molecule has 20 heavy (non-hydrogen) atoms. The van der Waals surface area contributed by atoms with Crippen molar-refractivity contribution in [3.8, 4) is 0 Å². The lowest BCUT2D eigenvalue weighted by atomic mass is 10.1. The van der Waals surface area contributed by atoms with Gasteiger partial charge in [-0.25, -0.2) is 4.98 Å². The van der Waals surface area contributed by atoms with Crippen molar-refractivity contribution in [3.63, 3.8) is 0 Å². The van der Waals surface area contributed by atoms with E-state index in [-0.39, 0.29) is 0 Å². The molecule has 112 valence electrons. The molecule has 2 aliphatic rings. The first-order valence-electron chi connectivity index (χ1n) is 7.37. The molecule has 0 amide bonds. The van der Waals surface area contributed by atoms with Crippen LogP contribution in [-0.2, 0) is 17.9 Å². The second-order valence-corrected chi connectivity index (χ2v) is 6.85. The van der Waals surface area contributed by atoms with Crippen molar-refractivity contribution >= 4 is 16.5 Å². The SMILES string of the molecule is COCc1nc(N2CCC3CCC(C2)N3C)sc1CN. The van der Waals surface area contributed by atoms with E-state index < -0.39 is 0 Å². The van der Waals surface area contributed by atoms with Gasteiger partial charge < -0.3 is 15.4 Å². The van der Waals surface area contributed by atoms with E-state index >= 15 is 0 Å². The minimum atomic E-state index is 0.552. The normalized spacial score (nSPS) is 27.1. The average molecular weight is 296 g/mol. The number of nitrogens with two attached hydrogens (primary N) is 1. The number of methoxy groups -OCH3 is 1. The largest absolute Gasteiger partial charge is 0.378 e. The van der Waals surface area contributed by atoms with Crippen LogP contribution in [0, 0.1) is 0 Å². The van der Waals surface area contributed by atoms with Gasteiger partial charge in [0.2, 0.25) is 0 Å². The van der Waals surface area contributed by atoms with E-state index in [1.54, 1.807) is 18.4 Å². The van der Waals surface area contributed by atoms with Gasteiger partial charge in [0.15, 0.2) is 5.13 Å². The Balaban J connectivity index is 1.79. The van der Waals surface area contributed by atoms with Crippen LogP contribution in [0.5, 0.6) is 0 Å². The maximum atomic E-state index is 5.83. The van der Waals surface area contributed by atoms with E-state index in [0.29, 0.717) is 19.2 Å². The highest BCUT2D eigenvalue weighted by atomic mass is 32.1. The second-order valence-electron chi connectivity index (χ2n) is 5.79. The fourth-order valence-corrected chi connectivity index (χ4v) is 4.37. The Labute approximate surface area is 124 Å². The first-order chi connectivity index (χ1) is 9.72. The average Bonchev–Trinajstić information content (AvgIpc) is 2.92. The van der Waals surface area contributed by atoms with Gasteiger partial charge in [0.05, 0.1) is 12.3 Å². The third-order valence-corrected chi connectivity index (χ3v) is 5.83. The Morgan fingerprint density at radius 3 is 2.90 bits per heavy atom. The van der Waals surface area contributed by atoms with Gasteiger partial charge in [-0.05, 0) is 26.3 Å². The van der Waals surface area contributed by atoms with Crippen LogP contribution in [0.3, 0.4) is 0 Å². The summed E-state index contributed by atoms with van der Waals surface area (Å²) in [5, 5.41) is 1.12. The van der Waals surface area contributed by atoms with E-state index in [2.05, 4.69) is 16.8 Å². The number of nitrogens with zero attached hydrogens (tertiary/aromatic N) is 3. The topological polar surface area (TPSA) is 54.6 Å². The fourth-order valence-electron chi connectivity index (χ4n) is 3.40. The third-order valence-electron chi connectivity index (χ3n) is 4.65. The van der Waals surface area contributed by atoms with Crippen LogP contribution >= 0.6 is 11.3 Å². The zero-order chi connectivity index (χ0) is 14.1. The van der Waals surface area contributed by atoms with Gasteiger partial charge in [-0.15, -0.1) is 11.3 Å². The summed E-state index contributed by atoms with van der Waals surface area (Å²) in [6.07, 6.45) is 3.91. The van der Waals surface area contributed by atoms with Crippen molar-refractivity contribution in [2.75, 3.05) is 32.1 Å². The summed E-state index contributed by atoms with van der Waals surface area (Å²) in [6, 6.07) is 1.44. The summed E-state index contributed by atoms with van der Waals surface area (Å²) in [5.41, 5.74) is 6.84. The zero-order valence-corrected chi connectivity index (χ0v) is 13.2. The van der Waals surface area contributed by atoms with Crippen molar-refractivity contribution in [3.05, 3.63) is 10.6 Å². The van der Waals surface area contributed by atoms with Crippen LogP contribution in [-0.4, -0.2) is 49.2 Å². The van der Waals surface area contributed by atoms with Crippen LogP contribution < -0.4 is 10.6 Å². The molecule has 1 aromatic heterocycles. The first kappa shape index (κ1) is 14.3. The predicted octanol–water partition coefficient (Wildman–Crippen LogP) is 1.42. The molecule has 2 fully saturated rings. The van der Waals surface area contributed by atoms with Crippen molar-refractivity contribution in [2.24, 2.45) is 5.73 Å². The van der Waals surface area contributed by atoms with Gasteiger partial charge in [-0.3, -0.25) is 4.90 Å². The number of hydrogen-bond acceptors (Lipinski definition) is 6. The predicted molar refractivity (Wildman–Crippen MR) is 82.1 cm³/mol. The van der Waals surface area contributed by atoms with Crippen LogP contribution in [0.4, 0.5) is 5.13 Å². The Morgan fingerprint density at radius 1 is 1.35 bits per heavy atom. The summed E-state index contributed by atoms with van der Waals surface area (Å²) in [7, 11) is 3.98. The van der Waals surface area contributed by atoms with Crippen LogP contribution in [0.2, 0.25) is 0 Å². The van der Waals surface area contributed by atoms with E-state index in [0.717, 1.165) is 34.8 Å². The molecule has 0 aromatic carbocycles.